The molecule has 104 valence electrons. The van der Waals surface area contributed by atoms with Crippen molar-refractivity contribution in [1.29, 1.82) is 0 Å². The van der Waals surface area contributed by atoms with Crippen molar-refractivity contribution in [3.8, 4) is 0 Å². The molecule has 2 heterocycles. The molecule has 0 radical (unpaired) electrons. The minimum absolute atomic E-state index is 0.0145. The summed E-state index contributed by atoms with van der Waals surface area (Å²) in [4.78, 5) is 17.9. The largest absolute Gasteiger partial charge is 0.379 e. The van der Waals surface area contributed by atoms with Crippen molar-refractivity contribution in [2.24, 2.45) is 5.92 Å². The molecule has 0 bridgehead atoms. The number of nitrogens with zero attached hydrogens (tertiary/aromatic N) is 2. The first-order valence-electron chi connectivity index (χ1n) is 6.60. The highest BCUT2D eigenvalue weighted by atomic mass is 16.5. The highest BCUT2D eigenvalue weighted by Crippen LogP contribution is 2.18. The van der Waals surface area contributed by atoms with Crippen molar-refractivity contribution in [3.63, 3.8) is 0 Å². The predicted octanol–water partition coefficient (Wildman–Crippen LogP) is 1.82. The average molecular weight is 263 g/mol. The summed E-state index contributed by atoms with van der Waals surface area (Å²) in [5.41, 5.74) is 1.07. The summed E-state index contributed by atoms with van der Waals surface area (Å²) >= 11 is 0. The third kappa shape index (κ3) is 3.23. The van der Waals surface area contributed by atoms with Gasteiger partial charge in [0.15, 0.2) is 0 Å². The van der Waals surface area contributed by atoms with Gasteiger partial charge in [-0.15, -0.1) is 0 Å². The Bertz CT molecular complexity index is 424. The van der Waals surface area contributed by atoms with Gasteiger partial charge in [-0.2, -0.15) is 0 Å². The lowest BCUT2D eigenvalue weighted by Crippen LogP contribution is -2.46. The number of urea groups is 1. The maximum absolute atomic E-state index is 12.2. The summed E-state index contributed by atoms with van der Waals surface area (Å²) in [6, 6.07) is 3.91. The van der Waals surface area contributed by atoms with Crippen molar-refractivity contribution >= 4 is 6.03 Å². The van der Waals surface area contributed by atoms with Crippen LogP contribution >= 0.6 is 0 Å². The highest BCUT2D eigenvalue weighted by molar-refractivity contribution is 5.74. The zero-order valence-corrected chi connectivity index (χ0v) is 11.7. The molecule has 1 aliphatic rings. The molecule has 1 aromatic heterocycles. The second kappa shape index (κ2) is 6.02. The SMILES string of the molecule is CC1COCC1NC(=O)N(C)[C@@H](C)c1ccncc1. The predicted molar refractivity (Wildman–Crippen MR) is 72.7 cm³/mol. The van der Waals surface area contributed by atoms with Crippen LogP contribution in [0.5, 0.6) is 0 Å². The van der Waals surface area contributed by atoms with Gasteiger partial charge in [0.05, 0.1) is 25.3 Å². The fraction of sp³-hybridized carbons (Fsp3) is 0.571. The first-order chi connectivity index (χ1) is 9.09. The minimum atomic E-state index is -0.0633. The van der Waals surface area contributed by atoms with Crippen LogP contribution in [0.4, 0.5) is 4.79 Å². The van der Waals surface area contributed by atoms with E-state index in [1.54, 1.807) is 24.3 Å². The summed E-state index contributed by atoms with van der Waals surface area (Å²) < 4.78 is 5.35. The first-order valence-corrected chi connectivity index (χ1v) is 6.60. The molecule has 1 fully saturated rings. The van der Waals surface area contributed by atoms with Gasteiger partial charge in [-0.1, -0.05) is 6.92 Å². The maximum atomic E-state index is 12.2. The number of amides is 2. The molecule has 5 nitrogen and oxygen atoms in total. The second-order valence-corrected chi connectivity index (χ2v) is 5.14. The van der Waals surface area contributed by atoms with Crippen molar-refractivity contribution in [2.75, 3.05) is 20.3 Å². The van der Waals surface area contributed by atoms with E-state index in [0.717, 1.165) is 5.56 Å². The number of nitrogens with one attached hydrogen (secondary N) is 1. The zero-order chi connectivity index (χ0) is 13.8. The van der Waals surface area contributed by atoms with Gasteiger partial charge in [0, 0.05) is 25.4 Å². The Morgan fingerprint density at radius 1 is 1.47 bits per heavy atom. The number of carbonyl (C=O) groups excluding carboxylic acids is 1. The normalized spacial score (nSPS) is 23.9. The molecular formula is C14H21N3O2. The van der Waals surface area contributed by atoms with Crippen LogP contribution in [-0.4, -0.2) is 42.2 Å². The average Bonchev–Trinajstić information content (AvgIpc) is 2.83. The van der Waals surface area contributed by atoms with Crippen LogP contribution in [0.15, 0.2) is 24.5 Å². The monoisotopic (exact) mass is 263 g/mol. The summed E-state index contributed by atoms with van der Waals surface area (Å²) in [7, 11) is 1.81. The lowest BCUT2D eigenvalue weighted by molar-refractivity contribution is 0.175. The van der Waals surface area contributed by atoms with Gasteiger partial charge in [0.25, 0.3) is 0 Å². The van der Waals surface area contributed by atoms with Crippen LogP contribution < -0.4 is 5.32 Å². The quantitative estimate of drug-likeness (QED) is 0.905. The van der Waals surface area contributed by atoms with Gasteiger partial charge in [-0.05, 0) is 24.6 Å². The van der Waals surface area contributed by atoms with E-state index in [1.807, 2.05) is 19.1 Å². The van der Waals surface area contributed by atoms with Crippen LogP contribution in [0.3, 0.4) is 0 Å². The minimum Gasteiger partial charge on any atom is -0.379 e. The molecule has 1 aromatic rings. The Balaban J connectivity index is 1.95. The lowest BCUT2D eigenvalue weighted by Gasteiger charge is -2.27. The Kier molecular flexibility index (Phi) is 4.37. The Morgan fingerprint density at radius 3 is 2.74 bits per heavy atom. The van der Waals surface area contributed by atoms with E-state index >= 15 is 0 Å². The molecule has 5 heteroatoms. The van der Waals surface area contributed by atoms with Gasteiger partial charge >= 0.3 is 6.03 Å². The third-order valence-corrected chi connectivity index (χ3v) is 3.76. The molecule has 0 aromatic carbocycles. The molecular weight excluding hydrogens is 242 g/mol. The van der Waals surface area contributed by atoms with Gasteiger partial charge in [-0.25, -0.2) is 4.79 Å². The standard InChI is InChI=1S/C14H21N3O2/c1-10-8-19-9-13(10)16-14(18)17(3)11(2)12-4-6-15-7-5-12/h4-7,10-11,13H,8-9H2,1-3H3,(H,16,18)/t10?,11-,13?/m0/s1. The Labute approximate surface area is 114 Å². The molecule has 1 aliphatic heterocycles. The van der Waals surface area contributed by atoms with E-state index in [4.69, 9.17) is 4.74 Å². The molecule has 0 saturated carbocycles. The van der Waals surface area contributed by atoms with Crippen LogP contribution in [0.1, 0.15) is 25.5 Å². The summed E-state index contributed by atoms with van der Waals surface area (Å²) in [5.74, 6) is 0.369. The van der Waals surface area contributed by atoms with E-state index in [0.29, 0.717) is 19.1 Å². The van der Waals surface area contributed by atoms with Crippen LogP contribution in [0.2, 0.25) is 0 Å². The van der Waals surface area contributed by atoms with Crippen LogP contribution in [-0.2, 0) is 4.74 Å². The molecule has 19 heavy (non-hydrogen) atoms. The van der Waals surface area contributed by atoms with Gasteiger partial charge < -0.3 is 15.0 Å². The number of rotatable bonds is 3. The van der Waals surface area contributed by atoms with E-state index in [2.05, 4.69) is 17.2 Å². The van der Waals surface area contributed by atoms with E-state index in [-0.39, 0.29) is 18.1 Å². The number of carbonyl (C=O) groups is 1. The van der Waals surface area contributed by atoms with Crippen LogP contribution in [0, 0.1) is 5.92 Å². The maximum Gasteiger partial charge on any atom is 0.317 e. The van der Waals surface area contributed by atoms with Gasteiger partial charge in [-0.3, -0.25) is 4.98 Å². The lowest BCUT2D eigenvalue weighted by atomic mass is 10.1. The molecule has 0 aliphatic carbocycles. The summed E-state index contributed by atoms with van der Waals surface area (Å²) in [6.45, 7) is 5.41. The number of ether oxygens (including phenoxy) is 1. The van der Waals surface area contributed by atoms with Crippen molar-refractivity contribution < 1.29 is 9.53 Å². The molecule has 0 spiro atoms. The molecule has 3 atom stereocenters. The third-order valence-electron chi connectivity index (χ3n) is 3.76. The first kappa shape index (κ1) is 13.8. The molecule has 2 unspecified atom stereocenters. The molecule has 1 N–H and O–H groups in total. The summed E-state index contributed by atoms with van der Waals surface area (Å²) in [6.07, 6.45) is 3.48. The van der Waals surface area contributed by atoms with Crippen LogP contribution in [0.25, 0.3) is 0 Å². The number of hydrogen-bond acceptors (Lipinski definition) is 3. The van der Waals surface area contributed by atoms with Gasteiger partial charge in [0.1, 0.15) is 0 Å². The number of pyridine rings is 1. The van der Waals surface area contributed by atoms with Crippen molar-refractivity contribution in [3.05, 3.63) is 30.1 Å². The Morgan fingerprint density at radius 2 is 2.16 bits per heavy atom. The molecule has 2 rings (SSSR count). The summed E-state index contributed by atoms with van der Waals surface area (Å²) in [5, 5.41) is 3.03. The second-order valence-electron chi connectivity index (χ2n) is 5.14. The highest BCUT2D eigenvalue weighted by Gasteiger charge is 2.27. The topological polar surface area (TPSA) is 54.5 Å². The van der Waals surface area contributed by atoms with Gasteiger partial charge in [0.2, 0.25) is 0 Å². The zero-order valence-electron chi connectivity index (χ0n) is 11.7. The Hall–Kier alpha value is -1.62. The fourth-order valence-electron chi connectivity index (χ4n) is 2.15. The van der Waals surface area contributed by atoms with Crippen molar-refractivity contribution in [1.82, 2.24) is 15.2 Å². The van der Waals surface area contributed by atoms with E-state index in [1.165, 1.54) is 0 Å². The molecule has 2 amide bonds. The van der Waals surface area contributed by atoms with E-state index < -0.39 is 0 Å². The smallest absolute Gasteiger partial charge is 0.317 e. The molecule has 1 saturated heterocycles. The fourth-order valence-corrected chi connectivity index (χ4v) is 2.15. The van der Waals surface area contributed by atoms with E-state index in [9.17, 15) is 4.79 Å². The number of hydrogen-bond donors (Lipinski definition) is 1. The van der Waals surface area contributed by atoms with Crippen molar-refractivity contribution in [2.45, 2.75) is 25.9 Å². The number of aromatic nitrogens is 1.